The molecule has 20 heavy (non-hydrogen) atoms. The van der Waals surface area contributed by atoms with Gasteiger partial charge in [0.1, 0.15) is 5.82 Å². The lowest BCUT2D eigenvalue weighted by Gasteiger charge is -2.21. The molecule has 0 aliphatic carbocycles. The van der Waals surface area contributed by atoms with Crippen molar-refractivity contribution in [1.82, 2.24) is 15.1 Å². The molecule has 0 amide bonds. The summed E-state index contributed by atoms with van der Waals surface area (Å²) < 4.78 is 1.98. The van der Waals surface area contributed by atoms with Crippen LogP contribution in [-0.2, 0) is 20.1 Å². The van der Waals surface area contributed by atoms with E-state index in [-0.39, 0.29) is 0 Å². The van der Waals surface area contributed by atoms with E-state index in [2.05, 4.69) is 60.5 Å². The number of nitrogens with zero attached hydrogens (tertiary/aromatic N) is 3. The summed E-state index contributed by atoms with van der Waals surface area (Å²) in [6.07, 6.45) is 0. The van der Waals surface area contributed by atoms with E-state index in [4.69, 9.17) is 0 Å². The van der Waals surface area contributed by atoms with Gasteiger partial charge < -0.3 is 10.2 Å². The van der Waals surface area contributed by atoms with Gasteiger partial charge in [-0.3, -0.25) is 4.68 Å². The second kappa shape index (κ2) is 6.57. The Morgan fingerprint density at radius 2 is 1.95 bits per heavy atom. The van der Waals surface area contributed by atoms with Crippen LogP contribution in [0.5, 0.6) is 0 Å². The number of hydrogen-bond acceptors (Lipinski definition) is 3. The van der Waals surface area contributed by atoms with Crippen LogP contribution in [0.1, 0.15) is 23.7 Å². The third-order valence-electron chi connectivity index (χ3n) is 3.49. The van der Waals surface area contributed by atoms with Crippen molar-refractivity contribution in [3.63, 3.8) is 0 Å². The molecular formula is C16H24N4. The molecule has 1 aromatic heterocycles. The second-order valence-corrected chi connectivity index (χ2v) is 5.13. The number of aryl methyl sites for hydroxylation is 2. The van der Waals surface area contributed by atoms with E-state index in [1.54, 1.807) is 0 Å². The van der Waals surface area contributed by atoms with Crippen molar-refractivity contribution in [2.75, 3.05) is 18.5 Å². The number of rotatable bonds is 6. The molecular weight excluding hydrogens is 248 g/mol. The lowest BCUT2D eigenvalue weighted by Crippen LogP contribution is -2.22. The summed E-state index contributed by atoms with van der Waals surface area (Å²) in [4.78, 5) is 2.27. The van der Waals surface area contributed by atoms with Crippen LogP contribution in [0.4, 0.5) is 5.82 Å². The van der Waals surface area contributed by atoms with Crippen LogP contribution in [0.15, 0.2) is 30.3 Å². The molecule has 0 aliphatic heterocycles. The topological polar surface area (TPSA) is 33.1 Å². The predicted molar refractivity (Wildman–Crippen MR) is 83.9 cm³/mol. The monoisotopic (exact) mass is 272 g/mol. The first-order valence-electron chi connectivity index (χ1n) is 7.11. The van der Waals surface area contributed by atoms with E-state index in [1.165, 1.54) is 16.9 Å². The molecule has 0 saturated heterocycles. The first-order chi connectivity index (χ1) is 9.63. The van der Waals surface area contributed by atoms with E-state index >= 15 is 0 Å². The average molecular weight is 272 g/mol. The number of aromatic nitrogens is 2. The fourth-order valence-corrected chi connectivity index (χ4v) is 2.56. The molecule has 0 unspecified atom stereocenters. The largest absolute Gasteiger partial charge is 0.355 e. The van der Waals surface area contributed by atoms with Crippen LogP contribution in [-0.4, -0.2) is 23.4 Å². The van der Waals surface area contributed by atoms with Gasteiger partial charge in [-0.1, -0.05) is 37.3 Å². The molecule has 2 rings (SSSR count). The van der Waals surface area contributed by atoms with Crippen molar-refractivity contribution in [2.24, 2.45) is 7.05 Å². The Kier molecular flexibility index (Phi) is 4.79. The Labute approximate surface area is 121 Å². The Morgan fingerprint density at radius 1 is 1.25 bits per heavy atom. The Balaban J connectivity index is 2.22. The van der Waals surface area contributed by atoms with E-state index in [9.17, 15) is 0 Å². The molecule has 4 nitrogen and oxygen atoms in total. The highest BCUT2D eigenvalue weighted by Crippen LogP contribution is 2.23. The first kappa shape index (κ1) is 14.6. The van der Waals surface area contributed by atoms with Gasteiger partial charge in [0.25, 0.3) is 0 Å². The summed E-state index contributed by atoms with van der Waals surface area (Å²) in [5.74, 6) is 1.19. The molecule has 108 valence electrons. The van der Waals surface area contributed by atoms with Crippen LogP contribution in [0.25, 0.3) is 0 Å². The zero-order chi connectivity index (χ0) is 14.5. The van der Waals surface area contributed by atoms with Crippen molar-refractivity contribution >= 4 is 5.82 Å². The normalized spacial score (nSPS) is 10.8. The Hall–Kier alpha value is -1.81. The van der Waals surface area contributed by atoms with E-state index in [0.717, 1.165) is 25.3 Å². The quantitative estimate of drug-likeness (QED) is 0.877. The smallest absolute Gasteiger partial charge is 0.131 e. The van der Waals surface area contributed by atoms with Gasteiger partial charge in [0.05, 0.1) is 5.69 Å². The Morgan fingerprint density at radius 3 is 2.60 bits per heavy atom. The van der Waals surface area contributed by atoms with Crippen LogP contribution in [0.3, 0.4) is 0 Å². The third kappa shape index (κ3) is 3.20. The lowest BCUT2D eigenvalue weighted by molar-refractivity contribution is 0.709. The molecule has 4 heteroatoms. The van der Waals surface area contributed by atoms with Crippen LogP contribution in [0, 0.1) is 6.92 Å². The number of anilines is 1. The number of nitrogens with one attached hydrogen (secondary N) is 1. The number of hydrogen-bond donors (Lipinski definition) is 1. The molecule has 0 bridgehead atoms. The van der Waals surface area contributed by atoms with Crippen molar-refractivity contribution in [1.29, 1.82) is 0 Å². The summed E-state index contributed by atoms with van der Waals surface area (Å²) in [5, 5.41) is 7.96. The standard InChI is InChI=1S/C16H24N4/c1-5-17-11-15-13(2)18-20(4)16(15)19(3)12-14-9-7-6-8-10-14/h6-10,17H,5,11-12H2,1-4H3. The molecule has 0 atom stereocenters. The molecule has 1 aromatic carbocycles. The summed E-state index contributed by atoms with van der Waals surface area (Å²) in [5.41, 5.74) is 3.69. The molecule has 1 N–H and O–H groups in total. The molecule has 0 saturated carbocycles. The zero-order valence-corrected chi connectivity index (χ0v) is 12.8. The van der Waals surface area contributed by atoms with Gasteiger partial charge in [0.15, 0.2) is 0 Å². The maximum Gasteiger partial charge on any atom is 0.131 e. The minimum absolute atomic E-state index is 0.866. The van der Waals surface area contributed by atoms with Crippen molar-refractivity contribution in [2.45, 2.75) is 26.9 Å². The van der Waals surface area contributed by atoms with E-state index in [1.807, 2.05) is 17.8 Å². The summed E-state index contributed by atoms with van der Waals surface area (Å²) in [6.45, 7) is 6.92. The first-order valence-corrected chi connectivity index (χ1v) is 7.11. The van der Waals surface area contributed by atoms with Gasteiger partial charge in [0, 0.05) is 32.7 Å². The maximum atomic E-state index is 4.56. The SMILES string of the molecule is CCNCc1c(C)nn(C)c1N(C)Cc1ccccc1. The van der Waals surface area contributed by atoms with Crippen molar-refractivity contribution in [3.05, 3.63) is 47.2 Å². The molecule has 0 spiro atoms. The molecule has 0 radical (unpaired) electrons. The minimum atomic E-state index is 0.866. The van der Waals surface area contributed by atoms with Crippen LogP contribution < -0.4 is 10.2 Å². The maximum absolute atomic E-state index is 4.56. The highest BCUT2D eigenvalue weighted by atomic mass is 15.4. The van der Waals surface area contributed by atoms with Crippen LogP contribution in [0.2, 0.25) is 0 Å². The fraction of sp³-hybridized carbons (Fsp3) is 0.438. The average Bonchev–Trinajstić information content (AvgIpc) is 2.71. The zero-order valence-electron chi connectivity index (χ0n) is 12.8. The van der Waals surface area contributed by atoms with Crippen molar-refractivity contribution < 1.29 is 0 Å². The van der Waals surface area contributed by atoms with Crippen molar-refractivity contribution in [3.8, 4) is 0 Å². The minimum Gasteiger partial charge on any atom is -0.355 e. The van der Waals surface area contributed by atoms with Gasteiger partial charge in [-0.15, -0.1) is 0 Å². The summed E-state index contributed by atoms with van der Waals surface area (Å²) in [7, 11) is 4.14. The van der Waals surface area contributed by atoms with Gasteiger partial charge in [-0.25, -0.2) is 0 Å². The third-order valence-corrected chi connectivity index (χ3v) is 3.49. The van der Waals surface area contributed by atoms with Gasteiger partial charge in [-0.2, -0.15) is 5.10 Å². The summed E-state index contributed by atoms with van der Waals surface area (Å²) in [6, 6.07) is 10.5. The van der Waals surface area contributed by atoms with E-state index < -0.39 is 0 Å². The molecule has 2 aromatic rings. The van der Waals surface area contributed by atoms with Gasteiger partial charge >= 0.3 is 0 Å². The van der Waals surface area contributed by atoms with Crippen LogP contribution >= 0.6 is 0 Å². The lowest BCUT2D eigenvalue weighted by atomic mass is 10.2. The molecule has 0 aliphatic rings. The molecule has 1 heterocycles. The Bertz CT molecular complexity index is 545. The highest BCUT2D eigenvalue weighted by Gasteiger charge is 2.16. The van der Waals surface area contributed by atoms with E-state index in [0.29, 0.717) is 0 Å². The highest BCUT2D eigenvalue weighted by molar-refractivity contribution is 5.50. The second-order valence-electron chi connectivity index (χ2n) is 5.13. The number of benzene rings is 1. The van der Waals surface area contributed by atoms with Gasteiger partial charge in [0.2, 0.25) is 0 Å². The molecule has 0 fully saturated rings. The fourth-order valence-electron chi connectivity index (χ4n) is 2.56. The summed E-state index contributed by atoms with van der Waals surface area (Å²) >= 11 is 0. The van der Waals surface area contributed by atoms with Gasteiger partial charge in [-0.05, 0) is 19.0 Å². The predicted octanol–water partition coefficient (Wildman–Crippen LogP) is 2.47.